The minimum Gasteiger partial charge on any atom is -0.493 e. The molecule has 190 valence electrons. The third kappa shape index (κ3) is 6.00. The van der Waals surface area contributed by atoms with Crippen LogP contribution in [0.1, 0.15) is 6.42 Å². The molecular formula is C24H27Cl2N7O3. The lowest BCUT2D eigenvalue weighted by molar-refractivity contribution is 0.00560. The summed E-state index contributed by atoms with van der Waals surface area (Å²) in [4.78, 5) is 12.2. The van der Waals surface area contributed by atoms with Crippen LogP contribution in [-0.2, 0) is 4.74 Å². The van der Waals surface area contributed by atoms with Crippen LogP contribution in [0.3, 0.4) is 0 Å². The molecule has 1 fully saturated rings. The molecule has 1 aliphatic heterocycles. The topological polar surface area (TPSA) is 122 Å². The van der Waals surface area contributed by atoms with Crippen LogP contribution >= 0.6 is 23.2 Å². The van der Waals surface area contributed by atoms with Crippen LogP contribution in [0.5, 0.6) is 11.5 Å². The van der Waals surface area contributed by atoms with Gasteiger partial charge in [-0.1, -0.05) is 23.2 Å². The number of aromatic nitrogens is 2. The van der Waals surface area contributed by atoms with Crippen molar-refractivity contribution in [3.8, 4) is 17.7 Å². The van der Waals surface area contributed by atoms with Gasteiger partial charge in [-0.25, -0.2) is 9.97 Å². The van der Waals surface area contributed by atoms with E-state index in [0.29, 0.717) is 46.0 Å². The smallest absolute Gasteiger partial charge is 0.181 e. The number of hydrogen-bond donors (Lipinski definition) is 2. The standard InChI is InChI=1S/C24H27Cl2N7O3/c1-32(13-27)24(28)33-6-3-7-35-16(11-33)12-36-22-10-20-17(9-21(22)34-2)23(30-14-29-20)31-15-4-5-18(25)19(26)8-15/h4-5,8-10,14,16,24H,3,6-7,11-12,28H2,1-2H3,(H,29,30,31). The van der Waals surface area contributed by atoms with Crippen LogP contribution in [0, 0.1) is 11.5 Å². The van der Waals surface area contributed by atoms with Gasteiger partial charge in [0.25, 0.3) is 0 Å². The quantitative estimate of drug-likeness (QED) is 0.252. The number of benzene rings is 2. The number of halogens is 2. The number of ether oxygens (including phenoxy) is 3. The molecule has 0 aliphatic carbocycles. The molecule has 36 heavy (non-hydrogen) atoms. The Balaban J connectivity index is 1.52. The third-order valence-electron chi connectivity index (χ3n) is 5.84. The minimum absolute atomic E-state index is 0.233. The molecular weight excluding hydrogens is 505 g/mol. The first-order valence-corrected chi connectivity index (χ1v) is 12.1. The van der Waals surface area contributed by atoms with Crippen LogP contribution in [0.15, 0.2) is 36.7 Å². The number of nitrogens with one attached hydrogen (secondary N) is 1. The van der Waals surface area contributed by atoms with Crippen molar-refractivity contribution in [2.75, 3.05) is 45.8 Å². The lowest BCUT2D eigenvalue weighted by Crippen LogP contribution is -2.53. The highest BCUT2D eigenvalue weighted by molar-refractivity contribution is 6.42. The van der Waals surface area contributed by atoms with Crippen LogP contribution in [0.2, 0.25) is 10.0 Å². The fraction of sp³-hybridized carbons (Fsp3) is 0.375. The molecule has 1 aliphatic rings. The summed E-state index contributed by atoms with van der Waals surface area (Å²) in [5.41, 5.74) is 7.62. The van der Waals surface area contributed by atoms with E-state index in [1.165, 1.54) is 11.2 Å². The van der Waals surface area contributed by atoms with Crippen molar-refractivity contribution >= 4 is 45.6 Å². The summed E-state index contributed by atoms with van der Waals surface area (Å²) in [5, 5.41) is 14.1. The van der Waals surface area contributed by atoms with Gasteiger partial charge in [-0.15, -0.1) is 0 Å². The number of nitrogens with zero attached hydrogens (tertiary/aromatic N) is 5. The van der Waals surface area contributed by atoms with Gasteiger partial charge in [0.15, 0.2) is 17.7 Å². The Hall–Kier alpha value is -3.07. The van der Waals surface area contributed by atoms with Crippen molar-refractivity contribution in [2.45, 2.75) is 18.8 Å². The lowest BCUT2D eigenvalue weighted by Gasteiger charge is -2.32. The summed E-state index contributed by atoms with van der Waals surface area (Å²) in [5.74, 6) is 1.64. The summed E-state index contributed by atoms with van der Waals surface area (Å²) in [7, 11) is 3.24. The molecule has 0 radical (unpaired) electrons. The Morgan fingerprint density at radius 1 is 1.28 bits per heavy atom. The van der Waals surface area contributed by atoms with E-state index in [1.54, 1.807) is 32.4 Å². The zero-order valence-electron chi connectivity index (χ0n) is 19.9. The molecule has 1 saturated heterocycles. The highest BCUT2D eigenvalue weighted by Crippen LogP contribution is 2.35. The average Bonchev–Trinajstić information content (AvgIpc) is 3.14. The van der Waals surface area contributed by atoms with E-state index in [4.69, 9.17) is 48.4 Å². The molecule has 0 saturated carbocycles. The summed E-state index contributed by atoms with van der Waals surface area (Å²) >= 11 is 12.2. The maximum absolute atomic E-state index is 9.17. The van der Waals surface area contributed by atoms with Crippen molar-refractivity contribution in [1.82, 2.24) is 19.8 Å². The second-order valence-electron chi connectivity index (χ2n) is 8.27. The fourth-order valence-corrected chi connectivity index (χ4v) is 4.20. The Bertz CT molecular complexity index is 1260. The van der Waals surface area contributed by atoms with Crippen LogP contribution in [0.4, 0.5) is 11.5 Å². The predicted octanol–water partition coefficient (Wildman–Crippen LogP) is 3.81. The van der Waals surface area contributed by atoms with Gasteiger partial charge in [-0.2, -0.15) is 5.26 Å². The van der Waals surface area contributed by atoms with Crippen LogP contribution < -0.4 is 20.5 Å². The van der Waals surface area contributed by atoms with Crippen LogP contribution in [0.25, 0.3) is 10.9 Å². The maximum atomic E-state index is 9.17. The SMILES string of the molecule is COc1cc2c(Nc3ccc(Cl)c(Cl)c3)ncnc2cc1OCC1CN(C(N)N(C)C#N)CCCO1. The van der Waals surface area contributed by atoms with Gasteiger partial charge in [-0.05, 0) is 30.7 Å². The van der Waals surface area contributed by atoms with Gasteiger partial charge in [-0.3, -0.25) is 15.5 Å². The van der Waals surface area contributed by atoms with E-state index < -0.39 is 6.29 Å². The van der Waals surface area contributed by atoms with E-state index in [2.05, 4.69) is 21.5 Å². The van der Waals surface area contributed by atoms with Gasteiger partial charge >= 0.3 is 0 Å². The predicted molar refractivity (Wildman–Crippen MR) is 139 cm³/mol. The number of nitrogens with two attached hydrogens (primary N) is 1. The monoisotopic (exact) mass is 531 g/mol. The Morgan fingerprint density at radius 3 is 2.86 bits per heavy atom. The number of rotatable bonds is 8. The Labute approximate surface area is 219 Å². The lowest BCUT2D eigenvalue weighted by atomic mass is 10.2. The molecule has 2 aromatic carbocycles. The molecule has 4 rings (SSSR count). The molecule has 12 heteroatoms. The fourth-order valence-electron chi connectivity index (χ4n) is 3.90. The van der Waals surface area contributed by atoms with Crippen molar-refractivity contribution in [3.63, 3.8) is 0 Å². The average molecular weight is 532 g/mol. The Morgan fingerprint density at radius 2 is 2.11 bits per heavy atom. The van der Waals surface area contributed by atoms with Gasteiger partial charge in [0, 0.05) is 43.9 Å². The van der Waals surface area contributed by atoms with Gasteiger partial charge in [0.2, 0.25) is 0 Å². The number of hydrogen-bond acceptors (Lipinski definition) is 10. The first-order chi connectivity index (χ1) is 17.4. The van der Waals surface area contributed by atoms with Crippen LogP contribution in [-0.4, -0.2) is 72.6 Å². The van der Waals surface area contributed by atoms with Gasteiger partial charge in [0.1, 0.15) is 31.1 Å². The summed E-state index contributed by atoms with van der Waals surface area (Å²) < 4.78 is 17.7. The van der Waals surface area contributed by atoms with E-state index in [0.717, 1.165) is 24.0 Å². The highest BCUT2D eigenvalue weighted by Gasteiger charge is 2.26. The van der Waals surface area contributed by atoms with E-state index >= 15 is 0 Å². The van der Waals surface area contributed by atoms with E-state index in [1.807, 2.05) is 17.0 Å². The van der Waals surface area contributed by atoms with Crippen molar-refractivity contribution in [1.29, 1.82) is 5.26 Å². The van der Waals surface area contributed by atoms with Gasteiger partial charge in [0.05, 0.1) is 22.7 Å². The summed E-state index contributed by atoms with van der Waals surface area (Å²) in [6.45, 7) is 2.12. The molecule has 3 aromatic rings. The first kappa shape index (κ1) is 26.0. The Kier molecular flexibility index (Phi) is 8.51. The molecule has 2 atom stereocenters. The second-order valence-corrected chi connectivity index (χ2v) is 9.09. The van der Waals surface area contributed by atoms with Crippen molar-refractivity contribution in [3.05, 3.63) is 46.7 Å². The largest absolute Gasteiger partial charge is 0.493 e. The van der Waals surface area contributed by atoms with Crippen molar-refractivity contribution < 1.29 is 14.2 Å². The molecule has 10 nitrogen and oxygen atoms in total. The van der Waals surface area contributed by atoms with Gasteiger partial charge < -0.3 is 19.5 Å². The first-order valence-electron chi connectivity index (χ1n) is 11.3. The van der Waals surface area contributed by atoms with Crippen molar-refractivity contribution in [2.24, 2.45) is 5.73 Å². The zero-order valence-corrected chi connectivity index (χ0v) is 21.5. The minimum atomic E-state index is -0.521. The summed E-state index contributed by atoms with van der Waals surface area (Å²) in [6.07, 6.45) is 3.59. The van der Waals surface area contributed by atoms with E-state index in [9.17, 15) is 0 Å². The number of anilines is 2. The maximum Gasteiger partial charge on any atom is 0.181 e. The molecule has 1 aromatic heterocycles. The molecule has 0 amide bonds. The van der Waals surface area contributed by atoms with E-state index in [-0.39, 0.29) is 12.7 Å². The molecule has 2 heterocycles. The second kappa shape index (κ2) is 11.8. The normalized spacial score (nSPS) is 17.2. The highest BCUT2D eigenvalue weighted by atomic mass is 35.5. The molecule has 2 unspecified atom stereocenters. The summed E-state index contributed by atoms with van der Waals surface area (Å²) in [6, 6.07) is 8.88. The number of nitriles is 1. The molecule has 3 N–H and O–H groups in total. The zero-order chi connectivity index (χ0) is 25.7. The number of fused-ring (bicyclic) bond motifs is 1. The molecule has 0 bridgehead atoms. The number of methoxy groups -OCH3 is 1. The molecule has 0 spiro atoms. The third-order valence-corrected chi connectivity index (χ3v) is 6.58.